The number of nitrogens with one attached hydrogen (secondary N) is 1. The lowest BCUT2D eigenvalue weighted by Crippen LogP contribution is -1.98. The Kier molecular flexibility index (Phi) is 3.67. The lowest BCUT2D eigenvalue weighted by Gasteiger charge is -2.11. The molecule has 0 radical (unpaired) electrons. The number of hydrogen-bond acceptors (Lipinski definition) is 5. The van der Waals surface area contributed by atoms with Crippen molar-refractivity contribution in [2.45, 2.75) is 24.8 Å². The molecule has 0 amide bonds. The number of aromatic nitrogens is 3. The molecule has 0 atom stereocenters. The first-order chi connectivity index (χ1) is 9.69. The molecule has 1 N–H and O–H groups in total. The van der Waals surface area contributed by atoms with Gasteiger partial charge in [-0.1, -0.05) is 11.8 Å². The second-order valence-electron chi connectivity index (χ2n) is 4.52. The summed E-state index contributed by atoms with van der Waals surface area (Å²) < 4.78 is 5.43. The van der Waals surface area contributed by atoms with Gasteiger partial charge in [0.25, 0.3) is 0 Å². The highest BCUT2D eigenvalue weighted by Crippen LogP contribution is 2.29. The van der Waals surface area contributed by atoms with Crippen molar-refractivity contribution in [3.63, 3.8) is 0 Å². The molecule has 3 aromatic rings. The third-order valence-electron chi connectivity index (χ3n) is 3.18. The molecule has 3 aromatic heterocycles. The maximum Gasteiger partial charge on any atom is 0.167 e. The van der Waals surface area contributed by atoms with Crippen molar-refractivity contribution in [3.05, 3.63) is 34.5 Å². The van der Waals surface area contributed by atoms with E-state index in [1.54, 1.807) is 30.2 Å². The van der Waals surface area contributed by atoms with Gasteiger partial charge >= 0.3 is 0 Å². The highest BCUT2D eigenvalue weighted by Gasteiger charge is 2.11. The number of H-pyrrole nitrogens is 1. The molecule has 6 heteroatoms. The van der Waals surface area contributed by atoms with Crippen LogP contribution in [-0.4, -0.2) is 22.1 Å². The number of aromatic amines is 1. The molecular formula is C14H15N3OS2. The molecule has 0 fully saturated rings. The highest BCUT2D eigenvalue weighted by molar-refractivity contribution is 7.98. The fourth-order valence-corrected chi connectivity index (χ4v) is 3.82. The molecule has 0 unspecified atom stereocenters. The Morgan fingerprint density at radius 3 is 3.00 bits per heavy atom. The number of fused-ring (bicyclic) bond motifs is 1. The minimum Gasteiger partial charge on any atom is -0.496 e. The normalized spacial score (nSPS) is 11.2. The Bertz CT molecular complexity index is 720. The predicted octanol–water partition coefficient (Wildman–Crippen LogP) is 3.94. The van der Waals surface area contributed by atoms with Crippen molar-refractivity contribution < 1.29 is 4.74 Å². The van der Waals surface area contributed by atoms with Crippen molar-refractivity contribution in [1.29, 1.82) is 0 Å². The van der Waals surface area contributed by atoms with Gasteiger partial charge in [0.05, 0.1) is 18.3 Å². The third-order valence-corrected chi connectivity index (χ3v) is 4.88. The number of thiophene rings is 1. The summed E-state index contributed by atoms with van der Waals surface area (Å²) in [5.74, 6) is 1.71. The van der Waals surface area contributed by atoms with Crippen molar-refractivity contribution in [3.8, 4) is 5.75 Å². The fourth-order valence-electron chi connectivity index (χ4n) is 2.14. The SMILES string of the molecule is COc1c(C)cnc(CSc2nc3sccc3[nH]2)c1C. The Morgan fingerprint density at radius 1 is 1.40 bits per heavy atom. The Balaban J connectivity index is 1.79. The van der Waals surface area contributed by atoms with Crippen molar-refractivity contribution in [2.75, 3.05) is 7.11 Å². The molecule has 104 valence electrons. The number of ether oxygens (including phenoxy) is 1. The zero-order valence-electron chi connectivity index (χ0n) is 11.6. The minimum absolute atomic E-state index is 0.781. The molecule has 20 heavy (non-hydrogen) atoms. The number of hydrogen-bond donors (Lipinski definition) is 1. The van der Waals surface area contributed by atoms with Gasteiger partial charge in [0.1, 0.15) is 10.6 Å². The van der Waals surface area contributed by atoms with Crippen molar-refractivity contribution in [1.82, 2.24) is 15.0 Å². The van der Waals surface area contributed by atoms with Crippen LogP contribution in [0, 0.1) is 13.8 Å². The van der Waals surface area contributed by atoms with Gasteiger partial charge in [-0.25, -0.2) is 4.98 Å². The maximum absolute atomic E-state index is 5.43. The van der Waals surface area contributed by atoms with E-state index in [0.717, 1.165) is 43.8 Å². The molecule has 3 rings (SSSR count). The van der Waals surface area contributed by atoms with Crippen LogP contribution < -0.4 is 4.74 Å². The fraction of sp³-hybridized carbons (Fsp3) is 0.286. The largest absolute Gasteiger partial charge is 0.496 e. The first-order valence-corrected chi connectivity index (χ1v) is 8.10. The average molecular weight is 305 g/mol. The summed E-state index contributed by atoms with van der Waals surface area (Å²) in [6, 6.07) is 2.05. The molecule has 0 saturated carbocycles. The van der Waals surface area contributed by atoms with E-state index in [2.05, 4.69) is 27.9 Å². The van der Waals surface area contributed by atoms with E-state index in [9.17, 15) is 0 Å². The Morgan fingerprint density at radius 2 is 2.25 bits per heavy atom. The van der Waals surface area contributed by atoms with E-state index in [-0.39, 0.29) is 0 Å². The smallest absolute Gasteiger partial charge is 0.167 e. The average Bonchev–Trinajstić information content (AvgIpc) is 2.99. The maximum atomic E-state index is 5.43. The summed E-state index contributed by atoms with van der Waals surface area (Å²) in [7, 11) is 1.70. The lowest BCUT2D eigenvalue weighted by molar-refractivity contribution is 0.407. The second-order valence-corrected chi connectivity index (χ2v) is 6.37. The minimum atomic E-state index is 0.781. The zero-order chi connectivity index (χ0) is 14.1. The van der Waals surface area contributed by atoms with Crippen LogP contribution in [0.4, 0.5) is 0 Å². The molecule has 0 saturated heterocycles. The number of imidazole rings is 1. The second kappa shape index (κ2) is 5.46. The number of methoxy groups -OCH3 is 1. The first kappa shape index (κ1) is 13.5. The van der Waals surface area contributed by atoms with Gasteiger partial charge < -0.3 is 9.72 Å². The van der Waals surface area contributed by atoms with Crippen molar-refractivity contribution >= 4 is 33.4 Å². The predicted molar refractivity (Wildman–Crippen MR) is 83.8 cm³/mol. The van der Waals surface area contributed by atoms with Gasteiger partial charge in [-0.15, -0.1) is 11.3 Å². The summed E-state index contributed by atoms with van der Waals surface area (Å²) in [6.07, 6.45) is 1.86. The lowest BCUT2D eigenvalue weighted by atomic mass is 10.1. The van der Waals surface area contributed by atoms with E-state index in [1.807, 2.05) is 18.5 Å². The summed E-state index contributed by atoms with van der Waals surface area (Å²) in [5, 5.41) is 2.98. The molecule has 0 aromatic carbocycles. The molecule has 0 aliphatic carbocycles. The van der Waals surface area contributed by atoms with Crippen LogP contribution in [0.1, 0.15) is 16.8 Å². The molecule has 3 heterocycles. The van der Waals surface area contributed by atoms with Gasteiger partial charge in [0.2, 0.25) is 0 Å². The van der Waals surface area contributed by atoms with E-state index in [0.29, 0.717) is 0 Å². The van der Waals surface area contributed by atoms with E-state index in [1.165, 1.54) is 0 Å². The number of thioether (sulfide) groups is 1. The van der Waals surface area contributed by atoms with Crippen LogP contribution in [0.2, 0.25) is 0 Å². The number of aryl methyl sites for hydroxylation is 1. The van der Waals surface area contributed by atoms with Gasteiger partial charge in [0.15, 0.2) is 5.16 Å². The standard InChI is InChI=1S/C14H15N3OS2/c1-8-6-15-11(9(2)12(8)18-3)7-20-14-16-10-4-5-19-13(10)17-14/h4-6H,7H2,1-3H3,(H,16,17). The summed E-state index contributed by atoms with van der Waals surface area (Å²) in [4.78, 5) is 13.4. The van der Waals surface area contributed by atoms with Gasteiger partial charge in [0, 0.05) is 23.1 Å². The van der Waals surface area contributed by atoms with Crippen LogP contribution in [0.25, 0.3) is 10.3 Å². The molecular weight excluding hydrogens is 290 g/mol. The van der Waals surface area contributed by atoms with Gasteiger partial charge in [-0.3, -0.25) is 4.98 Å². The van der Waals surface area contributed by atoms with Gasteiger partial charge in [-0.2, -0.15) is 0 Å². The summed E-state index contributed by atoms with van der Waals surface area (Å²) >= 11 is 3.31. The molecule has 0 bridgehead atoms. The Labute approximate surface area is 125 Å². The van der Waals surface area contributed by atoms with E-state index >= 15 is 0 Å². The number of pyridine rings is 1. The summed E-state index contributed by atoms with van der Waals surface area (Å²) in [6.45, 7) is 4.06. The van der Waals surface area contributed by atoms with E-state index < -0.39 is 0 Å². The topological polar surface area (TPSA) is 50.8 Å². The van der Waals surface area contributed by atoms with Crippen LogP contribution in [0.3, 0.4) is 0 Å². The molecule has 0 aliphatic heterocycles. The first-order valence-electron chi connectivity index (χ1n) is 6.24. The molecule has 0 aliphatic rings. The molecule has 4 nitrogen and oxygen atoms in total. The quantitative estimate of drug-likeness (QED) is 0.742. The number of nitrogens with zero attached hydrogens (tertiary/aromatic N) is 2. The van der Waals surface area contributed by atoms with Crippen LogP contribution >= 0.6 is 23.1 Å². The van der Waals surface area contributed by atoms with E-state index in [4.69, 9.17) is 4.74 Å². The van der Waals surface area contributed by atoms with Crippen LogP contribution in [-0.2, 0) is 5.75 Å². The highest BCUT2D eigenvalue weighted by atomic mass is 32.2. The van der Waals surface area contributed by atoms with Crippen LogP contribution in [0.15, 0.2) is 22.8 Å². The van der Waals surface area contributed by atoms with Crippen molar-refractivity contribution in [2.24, 2.45) is 0 Å². The monoisotopic (exact) mass is 305 g/mol. The zero-order valence-corrected chi connectivity index (χ0v) is 13.2. The summed E-state index contributed by atoms with van der Waals surface area (Å²) in [5.41, 5.74) is 4.31. The number of rotatable bonds is 4. The van der Waals surface area contributed by atoms with Gasteiger partial charge in [-0.05, 0) is 25.3 Å². The Hall–Kier alpha value is -1.53. The third kappa shape index (κ3) is 2.41. The molecule has 0 spiro atoms. The van der Waals surface area contributed by atoms with Crippen LogP contribution in [0.5, 0.6) is 5.75 Å².